The van der Waals surface area contributed by atoms with Crippen LogP contribution in [0.3, 0.4) is 0 Å². The normalized spacial score (nSPS) is 30.2. The Morgan fingerprint density at radius 1 is 1.56 bits per heavy atom. The summed E-state index contributed by atoms with van der Waals surface area (Å²) in [6, 6.07) is 4.64. The molecule has 3 rings (SSSR count). The molecule has 0 spiro atoms. The maximum atomic E-state index is 9.22. The standard InChI is InChI=1S/C14H18N4/c1-2-13-12-7-17-6-11(12)9-18(13)14-8-16-4-3-10(14)5-15/h3-4,8,11-13,17H,2,6-7,9H2,1H3. The van der Waals surface area contributed by atoms with Gasteiger partial charge in [-0.05, 0) is 24.3 Å². The first-order chi connectivity index (χ1) is 8.85. The van der Waals surface area contributed by atoms with E-state index in [1.807, 2.05) is 12.3 Å². The van der Waals surface area contributed by atoms with Gasteiger partial charge in [0.1, 0.15) is 6.07 Å². The summed E-state index contributed by atoms with van der Waals surface area (Å²) in [4.78, 5) is 6.60. The van der Waals surface area contributed by atoms with Crippen LogP contribution in [0.5, 0.6) is 0 Å². The maximum absolute atomic E-state index is 9.22. The summed E-state index contributed by atoms with van der Waals surface area (Å²) in [6.45, 7) is 5.51. The van der Waals surface area contributed by atoms with E-state index in [9.17, 15) is 5.26 Å². The number of hydrogen-bond acceptors (Lipinski definition) is 4. The molecule has 3 atom stereocenters. The molecule has 1 N–H and O–H groups in total. The fraction of sp³-hybridized carbons (Fsp3) is 0.571. The van der Waals surface area contributed by atoms with E-state index in [0.717, 1.165) is 49.1 Å². The van der Waals surface area contributed by atoms with Crippen molar-refractivity contribution in [1.29, 1.82) is 5.26 Å². The van der Waals surface area contributed by atoms with Crippen LogP contribution in [0.25, 0.3) is 0 Å². The lowest BCUT2D eigenvalue weighted by molar-refractivity contribution is 0.442. The highest BCUT2D eigenvalue weighted by Crippen LogP contribution is 2.38. The van der Waals surface area contributed by atoms with Crippen LogP contribution in [-0.2, 0) is 0 Å². The van der Waals surface area contributed by atoms with Crippen LogP contribution in [-0.4, -0.2) is 30.7 Å². The highest BCUT2D eigenvalue weighted by molar-refractivity contribution is 5.59. The van der Waals surface area contributed by atoms with Crippen LogP contribution >= 0.6 is 0 Å². The van der Waals surface area contributed by atoms with E-state index in [-0.39, 0.29) is 0 Å². The van der Waals surface area contributed by atoms with E-state index in [1.54, 1.807) is 6.20 Å². The van der Waals surface area contributed by atoms with Gasteiger partial charge >= 0.3 is 0 Å². The minimum Gasteiger partial charge on any atom is -0.366 e. The third-order valence-electron chi connectivity index (χ3n) is 4.37. The highest BCUT2D eigenvalue weighted by Gasteiger charge is 2.43. The lowest BCUT2D eigenvalue weighted by atomic mass is 9.93. The fourth-order valence-corrected chi connectivity index (χ4v) is 3.53. The van der Waals surface area contributed by atoms with Crippen LogP contribution in [0, 0.1) is 23.2 Å². The predicted molar refractivity (Wildman–Crippen MR) is 70.2 cm³/mol. The number of aromatic nitrogens is 1. The SMILES string of the molecule is CCC1C2CNCC2CN1c1cnccc1C#N. The third kappa shape index (κ3) is 1.67. The maximum Gasteiger partial charge on any atom is 0.101 e. The lowest BCUT2D eigenvalue weighted by Gasteiger charge is -2.29. The molecule has 0 aliphatic carbocycles. The van der Waals surface area contributed by atoms with E-state index < -0.39 is 0 Å². The second-order valence-corrected chi connectivity index (χ2v) is 5.21. The second kappa shape index (κ2) is 4.58. The van der Waals surface area contributed by atoms with Crippen molar-refractivity contribution >= 4 is 5.69 Å². The summed E-state index contributed by atoms with van der Waals surface area (Å²) in [7, 11) is 0. The van der Waals surface area contributed by atoms with E-state index >= 15 is 0 Å². The van der Waals surface area contributed by atoms with E-state index in [0.29, 0.717) is 6.04 Å². The number of nitrogens with one attached hydrogen (secondary N) is 1. The third-order valence-corrected chi connectivity index (χ3v) is 4.37. The first-order valence-electron chi connectivity index (χ1n) is 6.66. The Kier molecular flexibility index (Phi) is 2.92. The molecular weight excluding hydrogens is 224 g/mol. The summed E-state index contributed by atoms with van der Waals surface area (Å²) in [5.74, 6) is 1.45. The second-order valence-electron chi connectivity index (χ2n) is 5.21. The van der Waals surface area contributed by atoms with Crippen LogP contribution in [0.4, 0.5) is 5.69 Å². The summed E-state index contributed by atoms with van der Waals surface area (Å²) >= 11 is 0. The van der Waals surface area contributed by atoms with E-state index in [1.165, 1.54) is 0 Å². The zero-order valence-electron chi connectivity index (χ0n) is 10.6. The van der Waals surface area contributed by atoms with Crippen LogP contribution < -0.4 is 10.2 Å². The predicted octanol–water partition coefficient (Wildman–Crippen LogP) is 1.39. The quantitative estimate of drug-likeness (QED) is 0.851. The monoisotopic (exact) mass is 242 g/mol. The van der Waals surface area contributed by atoms with E-state index in [2.05, 4.69) is 28.2 Å². The van der Waals surface area contributed by atoms with E-state index in [4.69, 9.17) is 0 Å². The molecule has 0 amide bonds. The van der Waals surface area contributed by atoms with Gasteiger partial charge in [0.05, 0.1) is 17.4 Å². The van der Waals surface area contributed by atoms with Crippen LogP contribution in [0.1, 0.15) is 18.9 Å². The smallest absolute Gasteiger partial charge is 0.101 e. The number of pyridine rings is 1. The minimum absolute atomic E-state index is 0.543. The van der Waals surface area contributed by atoms with Gasteiger partial charge in [0, 0.05) is 31.9 Å². The van der Waals surface area contributed by atoms with Crippen molar-refractivity contribution in [2.45, 2.75) is 19.4 Å². The summed E-state index contributed by atoms with van der Waals surface area (Å²) in [5, 5.41) is 12.7. The van der Waals surface area contributed by atoms with Gasteiger partial charge in [0.25, 0.3) is 0 Å². The molecule has 2 fully saturated rings. The molecule has 0 aromatic carbocycles. The molecule has 1 aromatic rings. The zero-order valence-corrected chi connectivity index (χ0v) is 10.6. The van der Waals surface area contributed by atoms with Gasteiger partial charge in [-0.15, -0.1) is 0 Å². The number of rotatable bonds is 2. The minimum atomic E-state index is 0.543. The summed E-state index contributed by atoms with van der Waals surface area (Å²) in [6.07, 6.45) is 4.67. The molecule has 18 heavy (non-hydrogen) atoms. The molecule has 2 aliphatic rings. The molecule has 3 unspecified atom stereocenters. The number of fused-ring (bicyclic) bond motifs is 1. The highest BCUT2D eigenvalue weighted by atomic mass is 15.2. The van der Waals surface area contributed by atoms with Gasteiger partial charge in [0.2, 0.25) is 0 Å². The first kappa shape index (κ1) is 11.5. The Labute approximate surface area is 108 Å². The topological polar surface area (TPSA) is 52.0 Å². The Bertz CT molecular complexity index is 479. The van der Waals surface area contributed by atoms with Gasteiger partial charge < -0.3 is 10.2 Å². The summed E-state index contributed by atoms with van der Waals surface area (Å²) < 4.78 is 0. The zero-order chi connectivity index (χ0) is 12.5. The van der Waals surface area contributed by atoms with Gasteiger partial charge in [-0.1, -0.05) is 6.92 Å². The van der Waals surface area contributed by atoms with Crippen molar-refractivity contribution in [2.24, 2.45) is 11.8 Å². The molecule has 0 saturated carbocycles. The molecule has 4 heteroatoms. The molecule has 0 bridgehead atoms. The Hall–Kier alpha value is -1.60. The number of nitriles is 1. The molecule has 2 aliphatic heterocycles. The molecule has 4 nitrogen and oxygen atoms in total. The van der Waals surface area contributed by atoms with Crippen molar-refractivity contribution in [3.63, 3.8) is 0 Å². The summed E-state index contributed by atoms with van der Waals surface area (Å²) in [5.41, 5.74) is 1.76. The molecule has 1 aromatic heterocycles. The van der Waals surface area contributed by atoms with Gasteiger partial charge in [-0.2, -0.15) is 5.26 Å². The Morgan fingerprint density at radius 2 is 2.44 bits per heavy atom. The Morgan fingerprint density at radius 3 is 3.22 bits per heavy atom. The van der Waals surface area contributed by atoms with Gasteiger partial charge in [-0.25, -0.2) is 0 Å². The largest absolute Gasteiger partial charge is 0.366 e. The molecule has 0 radical (unpaired) electrons. The first-order valence-corrected chi connectivity index (χ1v) is 6.66. The van der Waals surface area contributed by atoms with Crippen molar-refractivity contribution in [1.82, 2.24) is 10.3 Å². The average molecular weight is 242 g/mol. The number of hydrogen-bond donors (Lipinski definition) is 1. The van der Waals surface area contributed by atoms with Crippen molar-refractivity contribution in [2.75, 3.05) is 24.5 Å². The molecule has 3 heterocycles. The average Bonchev–Trinajstić information content (AvgIpc) is 2.98. The van der Waals surface area contributed by atoms with Crippen LogP contribution in [0.15, 0.2) is 18.5 Å². The van der Waals surface area contributed by atoms with Crippen molar-refractivity contribution < 1.29 is 0 Å². The van der Waals surface area contributed by atoms with Crippen molar-refractivity contribution in [3.05, 3.63) is 24.0 Å². The lowest BCUT2D eigenvalue weighted by Crippen LogP contribution is -2.35. The van der Waals surface area contributed by atoms with Gasteiger partial charge in [-0.3, -0.25) is 4.98 Å². The van der Waals surface area contributed by atoms with Crippen molar-refractivity contribution in [3.8, 4) is 6.07 Å². The molecule has 94 valence electrons. The van der Waals surface area contributed by atoms with Gasteiger partial charge in [0.15, 0.2) is 0 Å². The number of nitrogens with zero attached hydrogens (tertiary/aromatic N) is 3. The van der Waals surface area contributed by atoms with Crippen LogP contribution in [0.2, 0.25) is 0 Å². The molecular formula is C14H18N4. The number of anilines is 1. The Balaban J connectivity index is 1.95. The molecule has 2 saturated heterocycles. The fourth-order valence-electron chi connectivity index (χ4n) is 3.53.